The molecule has 0 aromatic heterocycles. The molecular weight excluding hydrogens is 372 g/mol. The van der Waals surface area contributed by atoms with E-state index in [0.29, 0.717) is 11.8 Å². The van der Waals surface area contributed by atoms with Crippen LogP contribution in [0.15, 0.2) is 34.3 Å². The van der Waals surface area contributed by atoms with Crippen LogP contribution in [-0.2, 0) is 10.5 Å². The average molecular weight is 398 g/mol. The molecule has 1 aromatic carbocycles. The predicted octanol–water partition coefficient (Wildman–Crippen LogP) is 3.48. The van der Waals surface area contributed by atoms with Crippen molar-refractivity contribution in [3.63, 3.8) is 0 Å². The number of nitrogens with zero attached hydrogens (tertiary/aromatic N) is 4. The summed E-state index contributed by atoms with van der Waals surface area (Å²) in [5.74, 6) is 1.53. The second-order valence-corrected chi connectivity index (χ2v) is 8.70. The maximum atomic E-state index is 12.9. The number of hydrogen-bond acceptors (Lipinski definition) is 5. The SMILES string of the molecule is Cc1cccc(CSC2=NC(C3CCCC3)=NC3=[N+](C)C(=O)N(C)C(=O)C23)c1. The zero-order valence-corrected chi connectivity index (χ0v) is 17.3. The van der Waals surface area contributed by atoms with Crippen LogP contribution in [0.5, 0.6) is 0 Å². The van der Waals surface area contributed by atoms with E-state index < -0.39 is 5.92 Å². The van der Waals surface area contributed by atoms with Crippen molar-refractivity contribution in [3.05, 3.63) is 35.4 Å². The fourth-order valence-electron chi connectivity index (χ4n) is 4.03. The van der Waals surface area contributed by atoms with Crippen LogP contribution >= 0.6 is 11.8 Å². The number of thioether (sulfide) groups is 1. The molecule has 3 amide bonds. The Kier molecular flexibility index (Phi) is 5.19. The summed E-state index contributed by atoms with van der Waals surface area (Å²) in [7, 11) is 3.22. The van der Waals surface area contributed by atoms with Crippen LogP contribution in [0.25, 0.3) is 0 Å². The van der Waals surface area contributed by atoms with Gasteiger partial charge in [0.1, 0.15) is 5.04 Å². The van der Waals surface area contributed by atoms with Crippen molar-refractivity contribution >= 4 is 40.4 Å². The molecule has 1 aromatic rings. The highest BCUT2D eigenvalue weighted by Gasteiger charge is 2.49. The zero-order chi connectivity index (χ0) is 19.8. The Morgan fingerprint density at radius 3 is 2.68 bits per heavy atom. The van der Waals surface area contributed by atoms with Gasteiger partial charge in [-0.05, 0) is 25.3 Å². The Bertz CT molecular complexity index is 928. The Balaban J connectivity index is 1.70. The fourth-order valence-corrected chi connectivity index (χ4v) is 5.06. The predicted molar refractivity (Wildman–Crippen MR) is 112 cm³/mol. The molecule has 1 unspecified atom stereocenters. The van der Waals surface area contributed by atoms with Crippen LogP contribution in [0.2, 0.25) is 0 Å². The molecule has 1 aliphatic carbocycles. The van der Waals surface area contributed by atoms with Gasteiger partial charge in [0.15, 0.2) is 5.92 Å². The van der Waals surface area contributed by atoms with Crippen LogP contribution in [0.1, 0.15) is 36.8 Å². The molecule has 1 fully saturated rings. The molecule has 1 saturated carbocycles. The molecule has 0 N–H and O–H groups in total. The minimum absolute atomic E-state index is 0.247. The van der Waals surface area contributed by atoms with Gasteiger partial charge in [-0.15, -0.1) is 11.8 Å². The minimum Gasteiger partial charge on any atom is -0.255 e. The molecule has 0 saturated heterocycles. The summed E-state index contributed by atoms with van der Waals surface area (Å²) in [6.07, 6.45) is 4.50. The van der Waals surface area contributed by atoms with E-state index in [9.17, 15) is 9.59 Å². The van der Waals surface area contributed by atoms with Crippen molar-refractivity contribution in [1.29, 1.82) is 0 Å². The number of amides is 3. The van der Waals surface area contributed by atoms with Crippen molar-refractivity contribution in [1.82, 2.24) is 4.90 Å². The van der Waals surface area contributed by atoms with E-state index in [1.165, 1.54) is 40.5 Å². The van der Waals surface area contributed by atoms with Gasteiger partial charge in [0.05, 0.1) is 14.1 Å². The number of carbonyl (C=O) groups is 2. The number of hydrogen-bond donors (Lipinski definition) is 0. The fraction of sp³-hybridized carbons (Fsp3) is 0.476. The van der Waals surface area contributed by atoms with Gasteiger partial charge in [0, 0.05) is 11.7 Å². The van der Waals surface area contributed by atoms with Crippen molar-refractivity contribution in [2.24, 2.45) is 21.8 Å². The van der Waals surface area contributed by atoms with E-state index in [1.807, 2.05) is 6.07 Å². The molecule has 7 heteroatoms. The molecule has 3 aliphatic rings. The molecule has 4 rings (SSSR count). The maximum Gasteiger partial charge on any atom is 0.445 e. The molecular formula is C21H25N4O2S+. The lowest BCUT2D eigenvalue weighted by molar-refractivity contribution is -0.407. The molecule has 0 spiro atoms. The number of benzene rings is 1. The minimum atomic E-state index is -0.590. The van der Waals surface area contributed by atoms with Crippen molar-refractivity contribution in [2.45, 2.75) is 38.4 Å². The first kappa shape index (κ1) is 19.1. The maximum absolute atomic E-state index is 12.9. The molecule has 6 nitrogen and oxygen atoms in total. The highest BCUT2D eigenvalue weighted by Crippen LogP contribution is 2.32. The molecule has 146 valence electrons. The summed E-state index contributed by atoms with van der Waals surface area (Å²) in [5.41, 5.74) is 2.41. The second kappa shape index (κ2) is 7.62. The van der Waals surface area contributed by atoms with Crippen LogP contribution in [0.4, 0.5) is 4.79 Å². The second-order valence-electron chi connectivity index (χ2n) is 7.71. The number of aryl methyl sites for hydroxylation is 1. The van der Waals surface area contributed by atoms with E-state index in [-0.39, 0.29) is 11.9 Å². The summed E-state index contributed by atoms with van der Waals surface area (Å²) < 4.78 is 1.50. The lowest BCUT2D eigenvalue weighted by Gasteiger charge is -2.27. The van der Waals surface area contributed by atoms with Crippen LogP contribution in [0.3, 0.4) is 0 Å². The van der Waals surface area contributed by atoms with Gasteiger partial charge in [-0.2, -0.15) is 9.48 Å². The van der Waals surface area contributed by atoms with Gasteiger partial charge in [0.2, 0.25) is 5.84 Å². The number of fused-ring (bicyclic) bond motifs is 1. The summed E-state index contributed by atoms with van der Waals surface area (Å²) >= 11 is 1.58. The zero-order valence-electron chi connectivity index (χ0n) is 16.5. The topological polar surface area (TPSA) is 65.1 Å². The summed E-state index contributed by atoms with van der Waals surface area (Å²) in [5, 5.41) is 0.754. The number of amidine groups is 2. The van der Waals surface area contributed by atoms with Gasteiger partial charge >= 0.3 is 11.9 Å². The van der Waals surface area contributed by atoms with Crippen LogP contribution in [0, 0.1) is 18.8 Å². The molecule has 1 atom stereocenters. The number of urea groups is 1. The number of carbonyl (C=O) groups excluding carboxylic acids is 2. The summed E-state index contributed by atoms with van der Waals surface area (Å²) in [4.78, 5) is 36.1. The van der Waals surface area contributed by atoms with Crippen LogP contribution in [-0.4, -0.2) is 52.2 Å². The lowest BCUT2D eigenvalue weighted by atomic mass is 10.0. The average Bonchev–Trinajstić information content (AvgIpc) is 3.23. The van der Waals surface area contributed by atoms with E-state index in [2.05, 4.69) is 25.1 Å². The largest absolute Gasteiger partial charge is 0.445 e. The van der Waals surface area contributed by atoms with Gasteiger partial charge < -0.3 is 0 Å². The number of aliphatic imine (C=N–C) groups is 2. The van der Waals surface area contributed by atoms with Gasteiger partial charge in [-0.3, -0.25) is 4.79 Å². The Labute approximate surface area is 169 Å². The van der Waals surface area contributed by atoms with Crippen molar-refractivity contribution in [2.75, 3.05) is 14.1 Å². The highest BCUT2D eigenvalue weighted by molar-refractivity contribution is 8.13. The monoisotopic (exact) mass is 397 g/mol. The summed E-state index contributed by atoms with van der Waals surface area (Å²) in [6.45, 7) is 2.07. The number of rotatable bonds is 3. The van der Waals surface area contributed by atoms with Crippen LogP contribution < -0.4 is 0 Å². The Morgan fingerprint density at radius 2 is 1.96 bits per heavy atom. The third-order valence-corrected chi connectivity index (χ3v) is 6.74. The third kappa shape index (κ3) is 3.43. The third-order valence-electron chi connectivity index (χ3n) is 5.64. The first-order chi connectivity index (χ1) is 13.5. The normalized spacial score (nSPS) is 23.1. The van der Waals surface area contributed by atoms with E-state index in [0.717, 1.165) is 29.5 Å². The molecule has 0 bridgehead atoms. The van der Waals surface area contributed by atoms with Gasteiger partial charge in [-0.1, -0.05) is 47.7 Å². The molecule has 2 aliphatic heterocycles. The van der Waals surface area contributed by atoms with Crippen molar-refractivity contribution < 1.29 is 14.2 Å². The molecule has 28 heavy (non-hydrogen) atoms. The van der Waals surface area contributed by atoms with E-state index in [1.54, 1.807) is 18.8 Å². The smallest absolute Gasteiger partial charge is 0.255 e. The van der Waals surface area contributed by atoms with Crippen molar-refractivity contribution in [3.8, 4) is 0 Å². The highest BCUT2D eigenvalue weighted by atomic mass is 32.2. The Hall–Kier alpha value is -2.28. The standard InChI is InChI=1S/C21H25N4O2S/c1-13-7-6-8-14(11-13)12-28-19-16-18(24(2)21(27)25(3)20(16)26)22-17(23-19)15-9-4-5-10-15/h6-8,11,15-16H,4-5,9-10,12H2,1-3H3/q+1. The Morgan fingerprint density at radius 1 is 1.21 bits per heavy atom. The quantitative estimate of drug-likeness (QED) is 0.734. The summed E-state index contributed by atoms with van der Waals surface area (Å²) in [6, 6.07) is 8.02. The van der Waals surface area contributed by atoms with Gasteiger partial charge in [-0.25, -0.2) is 9.79 Å². The molecule has 2 heterocycles. The number of imide groups is 1. The first-order valence-electron chi connectivity index (χ1n) is 9.73. The van der Waals surface area contributed by atoms with Gasteiger partial charge in [0.25, 0.3) is 5.84 Å². The molecule has 0 radical (unpaired) electrons. The lowest BCUT2D eigenvalue weighted by Crippen LogP contribution is -2.54. The first-order valence-corrected chi connectivity index (χ1v) is 10.7. The van der Waals surface area contributed by atoms with E-state index in [4.69, 9.17) is 9.98 Å². The van der Waals surface area contributed by atoms with E-state index >= 15 is 0 Å².